The van der Waals surface area contributed by atoms with Crippen molar-refractivity contribution in [3.8, 4) is 6.07 Å². The molecule has 0 unspecified atom stereocenters. The fourth-order valence-electron chi connectivity index (χ4n) is 1.89. The molecular weight excluding hydrogens is 200 g/mol. The number of piperidine rings is 1. The van der Waals surface area contributed by atoms with Gasteiger partial charge in [-0.15, -0.1) is 0 Å². The number of nitrogens with zero attached hydrogens (tertiary/aromatic N) is 3. The summed E-state index contributed by atoms with van der Waals surface area (Å²) < 4.78 is 0. The molecule has 1 fully saturated rings. The number of rotatable bonds is 2. The minimum atomic E-state index is 0.608. The Bertz CT molecular complexity index is 402. The molecule has 1 saturated heterocycles. The van der Waals surface area contributed by atoms with Crippen molar-refractivity contribution in [2.75, 3.05) is 18.5 Å². The lowest BCUT2D eigenvalue weighted by Gasteiger charge is -2.27. The number of hydrogen-bond acceptors (Lipinski definition) is 4. The maximum absolute atomic E-state index is 8.99. The van der Waals surface area contributed by atoms with Crippen molar-refractivity contribution in [2.24, 2.45) is 0 Å². The highest BCUT2D eigenvalue weighted by molar-refractivity contribution is 5.51. The topological polar surface area (TPSA) is 52.0 Å². The van der Waals surface area contributed by atoms with Gasteiger partial charge in [-0.05, 0) is 31.9 Å². The van der Waals surface area contributed by atoms with Crippen LogP contribution in [0.3, 0.4) is 0 Å². The number of nitriles is 1. The minimum absolute atomic E-state index is 0.608. The zero-order valence-corrected chi connectivity index (χ0v) is 9.53. The van der Waals surface area contributed by atoms with Crippen LogP contribution in [-0.4, -0.2) is 23.1 Å². The van der Waals surface area contributed by atoms with E-state index in [0.29, 0.717) is 11.4 Å². The predicted molar refractivity (Wildman–Crippen MR) is 62.7 cm³/mol. The molecule has 0 saturated carbocycles. The largest absolute Gasteiger partial charge is 0.302 e. The van der Waals surface area contributed by atoms with E-state index >= 15 is 0 Å². The van der Waals surface area contributed by atoms with Crippen LogP contribution in [-0.2, 0) is 0 Å². The van der Waals surface area contributed by atoms with E-state index in [1.54, 1.807) is 0 Å². The van der Waals surface area contributed by atoms with Crippen molar-refractivity contribution in [2.45, 2.75) is 26.2 Å². The van der Waals surface area contributed by atoms with Crippen LogP contribution in [0.2, 0.25) is 0 Å². The minimum Gasteiger partial charge on any atom is -0.302 e. The average Bonchev–Trinajstić information content (AvgIpc) is 2.31. The predicted octanol–water partition coefficient (Wildman–Crippen LogP) is 2.07. The van der Waals surface area contributed by atoms with Gasteiger partial charge in [-0.25, -0.2) is 9.99 Å². The third-order valence-corrected chi connectivity index (χ3v) is 2.78. The van der Waals surface area contributed by atoms with E-state index in [4.69, 9.17) is 5.26 Å². The smallest absolute Gasteiger partial charge is 0.158 e. The highest BCUT2D eigenvalue weighted by Crippen LogP contribution is 2.15. The van der Waals surface area contributed by atoms with Gasteiger partial charge < -0.3 is 5.43 Å². The third-order valence-electron chi connectivity index (χ3n) is 2.78. The van der Waals surface area contributed by atoms with Crippen molar-refractivity contribution in [3.05, 3.63) is 23.4 Å². The van der Waals surface area contributed by atoms with Crippen molar-refractivity contribution in [1.29, 1.82) is 5.26 Å². The molecule has 16 heavy (non-hydrogen) atoms. The summed E-state index contributed by atoms with van der Waals surface area (Å²) in [6.07, 6.45) is 3.71. The summed E-state index contributed by atoms with van der Waals surface area (Å²) in [5.41, 5.74) is 4.78. The summed E-state index contributed by atoms with van der Waals surface area (Å²) in [5.74, 6) is 0.685. The Balaban J connectivity index is 2.13. The number of hydrogen-bond donors (Lipinski definition) is 1. The van der Waals surface area contributed by atoms with Crippen LogP contribution in [0.25, 0.3) is 0 Å². The van der Waals surface area contributed by atoms with Crippen molar-refractivity contribution < 1.29 is 0 Å². The lowest BCUT2D eigenvalue weighted by molar-refractivity contribution is 0.272. The zero-order chi connectivity index (χ0) is 11.4. The van der Waals surface area contributed by atoms with E-state index in [1.807, 2.05) is 19.1 Å². The van der Waals surface area contributed by atoms with Gasteiger partial charge in [-0.3, -0.25) is 0 Å². The monoisotopic (exact) mass is 216 g/mol. The number of pyridine rings is 1. The van der Waals surface area contributed by atoms with Gasteiger partial charge >= 0.3 is 0 Å². The number of hydrazine groups is 1. The first-order valence-corrected chi connectivity index (χ1v) is 5.69. The van der Waals surface area contributed by atoms with Crippen molar-refractivity contribution in [1.82, 2.24) is 9.99 Å². The molecule has 1 aromatic heterocycles. The molecule has 0 aliphatic carbocycles. The SMILES string of the molecule is Cc1ccc(C#N)c(NN2CCCCC2)n1. The van der Waals surface area contributed by atoms with E-state index in [0.717, 1.165) is 18.8 Å². The molecule has 0 spiro atoms. The van der Waals surface area contributed by atoms with Crippen LogP contribution >= 0.6 is 0 Å². The zero-order valence-electron chi connectivity index (χ0n) is 9.53. The molecule has 0 bridgehead atoms. The Hall–Kier alpha value is -1.60. The molecule has 2 rings (SSSR count). The Morgan fingerprint density at radius 1 is 1.31 bits per heavy atom. The van der Waals surface area contributed by atoms with Crippen LogP contribution in [0.15, 0.2) is 12.1 Å². The standard InChI is InChI=1S/C12H16N4/c1-10-5-6-11(9-13)12(14-10)15-16-7-3-2-4-8-16/h5-6H,2-4,7-8H2,1H3,(H,14,15). The van der Waals surface area contributed by atoms with Crippen LogP contribution in [0, 0.1) is 18.3 Å². The molecule has 4 heteroatoms. The van der Waals surface area contributed by atoms with Gasteiger partial charge in [0.05, 0.1) is 5.56 Å². The van der Waals surface area contributed by atoms with Gasteiger partial charge in [0, 0.05) is 18.8 Å². The quantitative estimate of drug-likeness (QED) is 0.822. The molecule has 0 aromatic carbocycles. The lowest BCUT2D eigenvalue weighted by atomic mass is 10.2. The summed E-state index contributed by atoms with van der Waals surface area (Å²) in [7, 11) is 0. The van der Waals surface area contributed by atoms with Gasteiger partial charge in [0.15, 0.2) is 5.82 Å². The first-order chi connectivity index (χ1) is 7.79. The normalized spacial score (nSPS) is 16.8. The molecule has 84 valence electrons. The number of nitrogens with one attached hydrogen (secondary N) is 1. The van der Waals surface area contributed by atoms with Crippen LogP contribution in [0.1, 0.15) is 30.5 Å². The Kier molecular flexibility index (Phi) is 3.37. The van der Waals surface area contributed by atoms with Gasteiger partial charge in [0.25, 0.3) is 0 Å². The van der Waals surface area contributed by atoms with E-state index in [1.165, 1.54) is 19.3 Å². The lowest BCUT2D eigenvalue weighted by Crippen LogP contribution is -2.35. The molecule has 1 aromatic rings. The molecule has 1 aliphatic heterocycles. The second kappa shape index (κ2) is 4.95. The fourth-order valence-corrected chi connectivity index (χ4v) is 1.89. The summed E-state index contributed by atoms with van der Waals surface area (Å²) >= 11 is 0. The maximum Gasteiger partial charge on any atom is 0.158 e. The molecule has 1 aliphatic rings. The van der Waals surface area contributed by atoms with E-state index in [9.17, 15) is 0 Å². The molecule has 0 radical (unpaired) electrons. The maximum atomic E-state index is 8.99. The first-order valence-electron chi connectivity index (χ1n) is 5.69. The molecular formula is C12H16N4. The molecule has 4 nitrogen and oxygen atoms in total. The van der Waals surface area contributed by atoms with E-state index in [-0.39, 0.29) is 0 Å². The summed E-state index contributed by atoms with van der Waals surface area (Å²) in [6, 6.07) is 5.84. The Morgan fingerprint density at radius 2 is 2.06 bits per heavy atom. The van der Waals surface area contributed by atoms with Gasteiger partial charge in [-0.2, -0.15) is 5.26 Å². The van der Waals surface area contributed by atoms with Crippen LogP contribution < -0.4 is 5.43 Å². The van der Waals surface area contributed by atoms with Crippen LogP contribution in [0.5, 0.6) is 0 Å². The summed E-state index contributed by atoms with van der Waals surface area (Å²) in [5, 5.41) is 11.1. The molecule has 0 amide bonds. The van der Waals surface area contributed by atoms with Crippen LogP contribution in [0.4, 0.5) is 5.82 Å². The second-order valence-corrected chi connectivity index (χ2v) is 4.12. The highest BCUT2D eigenvalue weighted by Gasteiger charge is 2.12. The highest BCUT2D eigenvalue weighted by atomic mass is 15.5. The molecule has 2 heterocycles. The van der Waals surface area contributed by atoms with Gasteiger partial charge in [0.1, 0.15) is 6.07 Å². The number of aromatic nitrogens is 1. The van der Waals surface area contributed by atoms with Crippen molar-refractivity contribution >= 4 is 5.82 Å². The van der Waals surface area contributed by atoms with E-state index < -0.39 is 0 Å². The first kappa shape index (κ1) is 10.9. The van der Waals surface area contributed by atoms with Crippen molar-refractivity contribution in [3.63, 3.8) is 0 Å². The summed E-state index contributed by atoms with van der Waals surface area (Å²) in [4.78, 5) is 4.36. The van der Waals surface area contributed by atoms with E-state index in [2.05, 4.69) is 21.5 Å². The fraction of sp³-hybridized carbons (Fsp3) is 0.500. The number of anilines is 1. The van der Waals surface area contributed by atoms with Gasteiger partial charge in [-0.1, -0.05) is 6.42 Å². The second-order valence-electron chi connectivity index (χ2n) is 4.12. The Labute approximate surface area is 95.9 Å². The number of aryl methyl sites for hydroxylation is 1. The summed E-state index contributed by atoms with van der Waals surface area (Å²) in [6.45, 7) is 3.99. The van der Waals surface area contributed by atoms with Gasteiger partial charge in [0.2, 0.25) is 0 Å². The third kappa shape index (κ3) is 2.50. The Morgan fingerprint density at radius 3 is 2.75 bits per heavy atom. The molecule has 1 N–H and O–H groups in total. The molecule has 0 atom stereocenters. The average molecular weight is 216 g/mol.